The molecule has 4 nitrogen and oxygen atoms in total. The van der Waals surface area contributed by atoms with Gasteiger partial charge in [-0.1, -0.05) is 28.1 Å². The zero-order valence-electron chi connectivity index (χ0n) is 12.3. The highest BCUT2D eigenvalue weighted by Crippen LogP contribution is 2.17. The SMILES string of the molecule is COC(=Cc1ccc(OC)cc1)C(=O)Nc1ccc(Br)cc1. The summed E-state index contributed by atoms with van der Waals surface area (Å²) in [5.74, 6) is 0.684. The van der Waals surface area contributed by atoms with E-state index in [2.05, 4.69) is 21.2 Å². The Balaban J connectivity index is 2.13. The Kier molecular flexibility index (Phi) is 5.61. The van der Waals surface area contributed by atoms with Crippen LogP contribution in [0, 0.1) is 0 Å². The van der Waals surface area contributed by atoms with Crippen LogP contribution in [0.1, 0.15) is 5.56 Å². The smallest absolute Gasteiger partial charge is 0.290 e. The molecule has 0 bridgehead atoms. The van der Waals surface area contributed by atoms with Gasteiger partial charge in [-0.05, 0) is 48.0 Å². The van der Waals surface area contributed by atoms with Crippen molar-refractivity contribution in [2.75, 3.05) is 19.5 Å². The molecule has 0 fully saturated rings. The molecule has 0 aliphatic carbocycles. The lowest BCUT2D eigenvalue weighted by Gasteiger charge is -2.08. The molecular weight excluding hydrogens is 346 g/mol. The van der Waals surface area contributed by atoms with Crippen molar-refractivity contribution in [2.45, 2.75) is 0 Å². The van der Waals surface area contributed by atoms with Crippen molar-refractivity contribution < 1.29 is 14.3 Å². The van der Waals surface area contributed by atoms with Gasteiger partial charge in [0.25, 0.3) is 5.91 Å². The van der Waals surface area contributed by atoms with Gasteiger partial charge in [0.05, 0.1) is 14.2 Å². The van der Waals surface area contributed by atoms with E-state index in [-0.39, 0.29) is 11.7 Å². The maximum atomic E-state index is 12.2. The van der Waals surface area contributed by atoms with Gasteiger partial charge in [0.15, 0.2) is 5.76 Å². The molecule has 1 amide bonds. The standard InChI is InChI=1S/C17H16BrNO3/c1-21-15-9-3-12(4-10-15)11-16(22-2)17(20)19-14-7-5-13(18)6-8-14/h3-11H,1-2H3,(H,19,20). The molecule has 0 aliphatic rings. The fraction of sp³-hybridized carbons (Fsp3) is 0.118. The minimum atomic E-state index is -0.305. The molecule has 0 aromatic heterocycles. The number of halogens is 1. The van der Waals surface area contributed by atoms with Crippen LogP contribution in [0.25, 0.3) is 6.08 Å². The summed E-state index contributed by atoms with van der Waals surface area (Å²) in [6.07, 6.45) is 1.67. The van der Waals surface area contributed by atoms with Crippen LogP contribution in [0.15, 0.2) is 58.8 Å². The monoisotopic (exact) mass is 361 g/mol. The topological polar surface area (TPSA) is 47.6 Å². The van der Waals surface area contributed by atoms with Gasteiger partial charge in [0, 0.05) is 10.2 Å². The number of rotatable bonds is 5. The number of hydrogen-bond acceptors (Lipinski definition) is 3. The van der Waals surface area contributed by atoms with Crippen LogP contribution in [-0.2, 0) is 9.53 Å². The number of carbonyl (C=O) groups is 1. The highest BCUT2D eigenvalue weighted by Gasteiger charge is 2.10. The predicted octanol–water partition coefficient (Wildman–Crippen LogP) is 4.08. The quantitative estimate of drug-likeness (QED) is 0.644. The maximum absolute atomic E-state index is 12.2. The molecule has 5 heteroatoms. The summed E-state index contributed by atoms with van der Waals surface area (Å²) in [5, 5.41) is 2.79. The third-order valence-corrected chi connectivity index (χ3v) is 3.49. The van der Waals surface area contributed by atoms with Gasteiger partial charge in [0.2, 0.25) is 0 Å². The summed E-state index contributed by atoms with van der Waals surface area (Å²) in [5.41, 5.74) is 1.55. The highest BCUT2D eigenvalue weighted by molar-refractivity contribution is 9.10. The van der Waals surface area contributed by atoms with Crippen LogP contribution < -0.4 is 10.1 Å². The first-order chi connectivity index (χ1) is 10.6. The van der Waals surface area contributed by atoms with Gasteiger partial charge in [-0.25, -0.2) is 0 Å². The van der Waals surface area contributed by atoms with Crippen molar-refractivity contribution in [3.63, 3.8) is 0 Å². The Bertz CT molecular complexity index is 663. The molecule has 0 radical (unpaired) electrons. The Morgan fingerprint density at radius 3 is 2.23 bits per heavy atom. The summed E-state index contributed by atoms with van der Waals surface area (Å²) in [7, 11) is 3.08. The Morgan fingerprint density at radius 1 is 1.05 bits per heavy atom. The van der Waals surface area contributed by atoms with Gasteiger partial charge in [-0.3, -0.25) is 4.79 Å². The molecular formula is C17H16BrNO3. The lowest BCUT2D eigenvalue weighted by molar-refractivity contribution is -0.115. The summed E-state index contributed by atoms with van der Waals surface area (Å²) in [4.78, 5) is 12.2. The molecule has 1 N–H and O–H groups in total. The molecule has 0 saturated heterocycles. The van der Waals surface area contributed by atoms with Crippen molar-refractivity contribution in [1.82, 2.24) is 0 Å². The third kappa shape index (κ3) is 4.36. The number of ether oxygens (including phenoxy) is 2. The van der Waals surface area contributed by atoms with E-state index in [4.69, 9.17) is 9.47 Å². The van der Waals surface area contributed by atoms with Crippen LogP contribution in [-0.4, -0.2) is 20.1 Å². The minimum absolute atomic E-state index is 0.230. The second-order valence-corrected chi connectivity index (χ2v) is 5.36. The molecule has 22 heavy (non-hydrogen) atoms. The van der Waals surface area contributed by atoms with Crippen LogP contribution in [0.3, 0.4) is 0 Å². The van der Waals surface area contributed by atoms with Gasteiger partial charge < -0.3 is 14.8 Å². The zero-order valence-corrected chi connectivity index (χ0v) is 13.9. The first kappa shape index (κ1) is 16.1. The van der Waals surface area contributed by atoms with Gasteiger partial charge in [0.1, 0.15) is 5.75 Å². The summed E-state index contributed by atoms with van der Waals surface area (Å²) in [6, 6.07) is 14.7. The maximum Gasteiger partial charge on any atom is 0.290 e. The average Bonchev–Trinajstić information content (AvgIpc) is 2.55. The first-order valence-corrected chi connectivity index (χ1v) is 7.38. The van der Waals surface area contributed by atoms with Crippen molar-refractivity contribution in [1.29, 1.82) is 0 Å². The number of carbonyl (C=O) groups excluding carboxylic acids is 1. The Hall–Kier alpha value is -2.27. The molecule has 0 spiro atoms. The normalized spacial score (nSPS) is 11.0. The number of anilines is 1. The summed E-state index contributed by atoms with van der Waals surface area (Å²) < 4.78 is 11.2. The lowest BCUT2D eigenvalue weighted by Crippen LogP contribution is -2.15. The van der Waals surface area contributed by atoms with Crippen molar-refractivity contribution >= 4 is 33.6 Å². The Morgan fingerprint density at radius 2 is 1.68 bits per heavy atom. The minimum Gasteiger partial charge on any atom is -0.497 e. The molecule has 2 aromatic rings. The van der Waals surface area contributed by atoms with E-state index in [9.17, 15) is 4.79 Å². The fourth-order valence-corrected chi connectivity index (χ4v) is 2.06. The van der Waals surface area contributed by atoms with Crippen molar-refractivity contribution in [3.8, 4) is 5.75 Å². The second kappa shape index (κ2) is 7.66. The van der Waals surface area contributed by atoms with Crippen LogP contribution in [0.4, 0.5) is 5.69 Å². The van der Waals surface area contributed by atoms with Crippen molar-refractivity contribution in [2.24, 2.45) is 0 Å². The highest BCUT2D eigenvalue weighted by atomic mass is 79.9. The fourth-order valence-electron chi connectivity index (χ4n) is 1.79. The summed E-state index contributed by atoms with van der Waals surface area (Å²) >= 11 is 3.35. The largest absolute Gasteiger partial charge is 0.497 e. The number of benzene rings is 2. The molecule has 114 valence electrons. The molecule has 2 aromatic carbocycles. The van der Waals surface area contributed by atoms with Crippen LogP contribution in [0.2, 0.25) is 0 Å². The molecule has 0 atom stereocenters. The second-order valence-electron chi connectivity index (χ2n) is 4.45. The predicted molar refractivity (Wildman–Crippen MR) is 90.8 cm³/mol. The van der Waals surface area contributed by atoms with E-state index >= 15 is 0 Å². The van der Waals surface area contributed by atoms with E-state index in [1.165, 1.54) is 7.11 Å². The average molecular weight is 362 g/mol. The first-order valence-electron chi connectivity index (χ1n) is 6.59. The number of nitrogens with one attached hydrogen (secondary N) is 1. The number of amides is 1. The molecule has 0 heterocycles. The third-order valence-electron chi connectivity index (χ3n) is 2.96. The van der Waals surface area contributed by atoms with E-state index in [1.807, 2.05) is 48.5 Å². The Labute approximate surface area is 137 Å². The lowest BCUT2D eigenvalue weighted by atomic mass is 10.2. The van der Waals surface area contributed by atoms with Crippen LogP contribution >= 0.6 is 15.9 Å². The van der Waals surface area contributed by atoms with Crippen LogP contribution in [0.5, 0.6) is 5.75 Å². The number of hydrogen-bond donors (Lipinski definition) is 1. The van der Waals surface area contributed by atoms with E-state index in [0.717, 1.165) is 15.8 Å². The van der Waals surface area contributed by atoms with Gasteiger partial charge in [-0.2, -0.15) is 0 Å². The molecule has 0 aliphatic heterocycles. The van der Waals surface area contributed by atoms with Gasteiger partial charge in [-0.15, -0.1) is 0 Å². The summed E-state index contributed by atoms with van der Waals surface area (Å²) in [6.45, 7) is 0. The molecule has 0 saturated carbocycles. The van der Waals surface area contributed by atoms with E-state index in [1.54, 1.807) is 13.2 Å². The van der Waals surface area contributed by atoms with E-state index < -0.39 is 0 Å². The van der Waals surface area contributed by atoms with Crippen molar-refractivity contribution in [3.05, 3.63) is 64.3 Å². The molecule has 0 unspecified atom stereocenters. The molecule has 2 rings (SSSR count). The number of methoxy groups -OCH3 is 2. The van der Waals surface area contributed by atoms with Gasteiger partial charge >= 0.3 is 0 Å². The zero-order chi connectivity index (χ0) is 15.9. The van der Waals surface area contributed by atoms with E-state index in [0.29, 0.717) is 5.69 Å².